The van der Waals surface area contributed by atoms with Crippen molar-refractivity contribution < 1.29 is 17.9 Å². The lowest BCUT2D eigenvalue weighted by molar-refractivity contribution is -0.119. The van der Waals surface area contributed by atoms with E-state index in [0.717, 1.165) is 32.5 Å². The Hall–Kier alpha value is -3.79. The number of ether oxygens (including phenoxy) is 1. The summed E-state index contributed by atoms with van der Waals surface area (Å²) in [6.45, 7) is 5.19. The quantitative estimate of drug-likeness (QED) is 0.187. The first kappa shape index (κ1) is 29.2. The first-order valence-electron chi connectivity index (χ1n) is 12.2. The van der Waals surface area contributed by atoms with E-state index in [2.05, 4.69) is 10.5 Å². The Balaban J connectivity index is 1.57. The molecule has 11 heteroatoms. The molecule has 0 saturated carbocycles. The number of sulfonamides is 1. The molecule has 0 aliphatic rings. The number of hydrogen-bond donors (Lipinski definition) is 1. The summed E-state index contributed by atoms with van der Waals surface area (Å²) in [5.74, 6) is -0.0587. The van der Waals surface area contributed by atoms with Gasteiger partial charge in [-0.3, -0.25) is 9.10 Å². The van der Waals surface area contributed by atoms with Gasteiger partial charge in [0, 0.05) is 17.0 Å². The molecule has 0 spiro atoms. The van der Waals surface area contributed by atoms with Gasteiger partial charge in [0.15, 0.2) is 0 Å². The van der Waals surface area contributed by atoms with E-state index in [0.29, 0.717) is 21.5 Å². The molecule has 208 valence electrons. The third-order valence-corrected chi connectivity index (χ3v) is 8.89. The van der Waals surface area contributed by atoms with Crippen LogP contribution in [0.15, 0.2) is 82.8 Å². The molecule has 4 rings (SSSR count). The number of rotatable bonds is 9. The van der Waals surface area contributed by atoms with Gasteiger partial charge in [0.05, 0.1) is 39.6 Å². The predicted molar refractivity (Wildman–Crippen MR) is 160 cm³/mol. The highest BCUT2D eigenvalue weighted by Gasteiger charge is 2.27. The standard InChI is InChI=1S/C29H28Cl2N4O4S/c1-19-8-14-25(15-9-19)40(37,38)34(23-10-12-24(39-4)13-11-23)18-28(36)33-32-17-22-16-20(2)35(21(22)3)27-7-5-6-26(30)29(27)31/h5-17H,18H2,1-4H3,(H,33,36)/b32-17+. The maximum atomic E-state index is 13.6. The normalized spacial score (nSPS) is 11.6. The molecule has 0 atom stereocenters. The molecule has 0 saturated heterocycles. The number of aryl methyl sites for hydroxylation is 2. The molecule has 3 aromatic carbocycles. The molecule has 0 fully saturated rings. The second-order valence-corrected chi connectivity index (χ2v) is 11.7. The van der Waals surface area contributed by atoms with E-state index < -0.39 is 22.5 Å². The van der Waals surface area contributed by atoms with Gasteiger partial charge in [-0.25, -0.2) is 13.8 Å². The lowest BCUT2D eigenvalue weighted by Crippen LogP contribution is -2.39. The van der Waals surface area contributed by atoms with Crippen LogP contribution in [-0.4, -0.2) is 38.8 Å². The summed E-state index contributed by atoms with van der Waals surface area (Å²) in [6, 6.07) is 20.1. The van der Waals surface area contributed by atoms with E-state index in [1.807, 2.05) is 43.5 Å². The zero-order valence-corrected chi connectivity index (χ0v) is 24.7. The van der Waals surface area contributed by atoms with Crippen LogP contribution in [0.2, 0.25) is 10.0 Å². The first-order chi connectivity index (χ1) is 19.0. The van der Waals surface area contributed by atoms with Crippen LogP contribution in [0.4, 0.5) is 5.69 Å². The van der Waals surface area contributed by atoms with Gasteiger partial charge in [0.2, 0.25) is 0 Å². The molecule has 1 N–H and O–H groups in total. The second kappa shape index (κ2) is 12.2. The number of anilines is 1. The Morgan fingerprint density at radius 2 is 1.70 bits per heavy atom. The SMILES string of the molecule is COc1ccc(N(CC(=O)N/N=C/c2cc(C)n(-c3cccc(Cl)c3Cl)c2C)S(=O)(=O)c2ccc(C)cc2)cc1. The largest absolute Gasteiger partial charge is 0.497 e. The average Bonchev–Trinajstić information content (AvgIpc) is 3.21. The molecule has 0 unspecified atom stereocenters. The molecule has 4 aromatic rings. The van der Waals surface area contributed by atoms with E-state index in [1.54, 1.807) is 42.5 Å². The third-order valence-electron chi connectivity index (χ3n) is 6.29. The summed E-state index contributed by atoms with van der Waals surface area (Å²) in [5, 5.41) is 4.96. The molecule has 0 bridgehead atoms. The fourth-order valence-corrected chi connectivity index (χ4v) is 6.00. The molecule has 0 aliphatic carbocycles. The number of hydrazone groups is 1. The van der Waals surface area contributed by atoms with E-state index in [9.17, 15) is 13.2 Å². The third kappa shape index (κ3) is 6.17. The van der Waals surface area contributed by atoms with E-state index in [1.165, 1.54) is 25.5 Å². The van der Waals surface area contributed by atoms with E-state index >= 15 is 0 Å². The number of aromatic nitrogens is 1. The summed E-state index contributed by atoms with van der Waals surface area (Å²) in [6.07, 6.45) is 1.50. The average molecular weight is 600 g/mol. The van der Waals surface area contributed by atoms with Crippen molar-refractivity contribution >= 4 is 51.0 Å². The number of halogens is 2. The van der Waals surface area contributed by atoms with Crippen LogP contribution in [0.3, 0.4) is 0 Å². The lowest BCUT2D eigenvalue weighted by Gasteiger charge is -2.24. The summed E-state index contributed by atoms with van der Waals surface area (Å²) >= 11 is 12.6. The van der Waals surface area contributed by atoms with Crippen molar-refractivity contribution in [3.8, 4) is 11.4 Å². The van der Waals surface area contributed by atoms with Gasteiger partial charge in [-0.1, -0.05) is 47.0 Å². The molecular weight excluding hydrogens is 571 g/mol. The number of amides is 1. The van der Waals surface area contributed by atoms with Gasteiger partial charge in [-0.05, 0) is 75.4 Å². The summed E-state index contributed by atoms with van der Waals surface area (Å²) in [7, 11) is -2.54. The van der Waals surface area contributed by atoms with Crippen LogP contribution < -0.4 is 14.5 Å². The fourth-order valence-electron chi connectivity index (χ4n) is 4.19. The second-order valence-electron chi connectivity index (χ2n) is 9.05. The van der Waals surface area contributed by atoms with Gasteiger partial charge in [-0.2, -0.15) is 5.10 Å². The Morgan fingerprint density at radius 3 is 2.35 bits per heavy atom. The van der Waals surface area contributed by atoms with Crippen LogP contribution in [0.1, 0.15) is 22.5 Å². The number of nitrogens with one attached hydrogen (secondary N) is 1. The number of carbonyl (C=O) groups is 1. The van der Waals surface area contributed by atoms with Crippen LogP contribution >= 0.6 is 23.2 Å². The van der Waals surface area contributed by atoms with Crippen molar-refractivity contribution in [3.05, 3.63) is 105 Å². The molecule has 8 nitrogen and oxygen atoms in total. The number of methoxy groups -OCH3 is 1. The number of nitrogens with zero attached hydrogens (tertiary/aromatic N) is 3. The van der Waals surface area contributed by atoms with Crippen LogP contribution in [0.5, 0.6) is 5.75 Å². The smallest absolute Gasteiger partial charge is 0.264 e. The van der Waals surface area contributed by atoms with Crippen LogP contribution in [0.25, 0.3) is 5.69 Å². The van der Waals surface area contributed by atoms with Crippen molar-refractivity contribution in [2.24, 2.45) is 5.10 Å². The first-order valence-corrected chi connectivity index (χ1v) is 14.4. The maximum absolute atomic E-state index is 13.6. The summed E-state index contributed by atoms with van der Waals surface area (Å²) in [4.78, 5) is 13.0. The summed E-state index contributed by atoms with van der Waals surface area (Å²) in [5.41, 5.74) is 6.87. The van der Waals surface area contributed by atoms with Crippen molar-refractivity contribution in [1.29, 1.82) is 0 Å². The van der Waals surface area contributed by atoms with E-state index in [4.69, 9.17) is 27.9 Å². The highest BCUT2D eigenvalue weighted by atomic mass is 35.5. The Bertz CT molecular complexity index is 1670. The lowest BCUT2D eigenvalue weighted by atomic mass is 10.2. The van der Waals surface area contributed by atoms with Gasteiger partial charge < -0.3 is 9.30 Å². The molecule has 1 amide bonds. The van der Waals surface area contributed by atoms with Gasteiger partial charge in [0.25, 0.3) is 15.9 Å². The molecule has 0 aliphatic heterocycles. The van der Waals surface area contributed by atoms with Crippen LogP contribution in [-0.2, 0) is 14.8 Å². The van der Waals surface area contributed by atoms with Crippen molar-refractivity contribution in [2.45, 2.75) is 25.7 Å². The number of hydrogen-bond acceptors (Lipinski definition) is 5. The molecular formula is C29H28Cl2N4O4S. The van der Waals surface area contributed by atoms with Crippen LogP contribution in [0, 0.1) is 20.8 Å². The maximum Gasteiger partial charge on any atom is 0.264 e. The van der Waals surface area contributed by atoms with Gasteiger partial charge in [-0.15, -0.1) is 0 Å². The Kier molecular flexibility index (Phi) is 8.88. The number of carbonyl (C=O) groups excluding carboxylic acids is 1. The topological polar surface area (TPSA) is 93.0 Å². The minimum absolute atomic E-state index is 0.0670. The van der Waals surface area contributed by atoms with Gasteiger partial charge >= 0.3 is 0 Å². The Morgan fingerprint density at radius 1 is 1.02 bits per heavy atom. The Labute approximate surface area is 243 Å². The molecule has 1 heterocycles. The van der Waals surface area contributed by atoms with Crippen molar-refractivity contribution in [2.75, 3.05) is 18.0 Å². The molecule has 1 aromatic heterocycles. The minimum atomic E-state index is -4.06. The minimum Gasteiger partial charge on any atom is -0.497 e. The highest BCUT2D eigenvalue weighted by molar-refractivity contribution is 7.92. The monoisotopic (exact) mass is 598 g/mol. The highest BCUT2D eigenvalue weighted by Crippen LogP contribution is 2.31. The van der Waals surface area contributed by atoms with Gasteiger partial charge in [0.1, 0.15) is 12.3 Å². The van der Waals surface area contributed by atoms with Crippen molar-refractivity contribution in [3.63, 3.8) is 0 Å². The molecule has 0 radical (unpaired) electrons. The summed E-state index contributed by atoms with van der Waals surface area (Å²) < 4.78 is 35.3. The zero-order valence-electron chi connectivity index (χ0n) is 22.4. The van der Waals surface area contributed by atoms with Crippen molar-refractivity contribution in [1.82, 2.24) is 9.99 Å². The predicted octanol–water partition coefficient (Wildman–Crippen LogP) is 6.06. The zero-order chi connectivity index (χ0) is 29.0. The van der Waals surface area contributed by atoms with E-state index in [-0.39, 0.29) is 4.90 Å². The number of benzene rings is 3. The fraction of sp³-hybridized carbons (Fsp3) is 0.172. The molecule has 40 heavy (non-hydrogen) atoms.